The molecule has 1 aliphatic rings. The van der Waals surface area contributed by atoms with E-state index in [0.29, 0.717) is 23.4 Å². The summed E-state index contributed by atoms with van der Waals surface area (Å²) in [6, 6.07) is 12.3. The molecule has 5 heteroatoms. The predicted molar refractivity (Wildman–Crippen MR) is 78.4 cm³/mol. The van der Waals surface area contributed by atoms with Gasteiger partial charge in [-0.1, -0.05) is 41.9 Å². The fourth-order valence-corrected chi connectivity index (χ4v) is 2.40. The molecule has 1 atom stereocenters. The van der Waals surface area contributed by atoms with Gasteiger partial charge in [-0.15, -0.1) is 0 Å². The number of benzene rings is 2. The maximum absolute atomic E-state index is 13.6. The molecule has 1 aliphatic heterocycles. The van der Waals surface area contributed by atoms with Crippen LogP contribution in [-0.4, -0.2) is 13.6 Å². The van der Waals surface area contributed by atoms with Crippen molar-refractivity contribution in [2.45, 2.75) is 12.5 Å². The van der Waals surface area contributed by atoms with Gasteiger partial charge in [-0.05, 0) is 5.56 Å². The number of nitriles is 1. The Balaban J connectivity index is 2.08. The minimum Gasteiger partial charge on any atom is -0.485 e. The fourth-order valence-electron chi connectivity index (χ4n) is 2.40. The van der Waals surface area contributed by atoms with Crippen molar-refractivity contribution in [2.24, 2.45) is 4.99 Å². The average Bonchev–Trinajstić information content (AvgIpc) is 2.50. The summed E-state index contributed by atoms with van der Waals surface area (Å²) in [5, 5.41) is 8.84. The first-order valence-corrected chi connectivity index (χ1v) is 6.45. The normalized spacial score (nSPS) is 18.7. The van der Waals surface area contributed by atoms with Crippen molar-refractivity contribution in [3.8, 4) is 11.9 Å². The summed E-state index contributed by atoms with van der Waals surface area (Å²) in [6.07, 6.45) is 1.92. The van der Waals surface area contributed by atoms with E-state index in [2.05, 4.69) is 4.99 Å². The van der Waals surface area contributed by atoms with Crippen molar-refractivity contribution in [1.82, 2.24) is 0 Å². The molecule has 0 spiro atoms. The van der Waals surface area contributed by atoms with Crippen molar-refractivity contribution in [2.75, 3.05) is 0 Å². The van der Waals surface area contributed by atoms with E-state index in [-0.39, 0.29) is 11.6 Å². The van der Waals surface area contributed by atoms with Crippen LogP contribution >= 0.6 is 0 Å². The Hall–Kier alpha value is -2.61. The first-order valence-electron chi connectivity index (χ1n) is 6.45. The highest BCUT2D eigenvalue weighted by molar-refractivity contribution is 6.33. The van der Waals surface area contributed by atoms with Crippen LogP contribution in [0.4, 0.5) is 4.39 Å². The second-order valence-corrected chi connectivity index (χ2v) is 4.75. The summed E-state index contributed by atoms with van der Waals surface area (Å²) >= 11 is 0. The Bertz CT molecular complexity index is 753. The second kappa shape index (κ2) is 5.41. The van der Waals surface area contributed by atoms with Crippen molar-refractivity contribution < 1.29 is 9.13 Å². The van der Waals surface area contributed by atoms with E-state index in [0.717, 1.165) is 5.56 Å². The van der Waals surface area contributed by atoms with E-state index in [9.17, 15) is 4.39 Å². The molecule has 0 aromatic heterocycles. The highest BCUT2D eigenvalue weighted by atomic mass is 19.1. The molecule has 0 fully saturated rings. The molecule has 3 nitrogen and oxygen atoms in total. The van der Waals surface area contributed by atoms with Gasteiger partial charge in [0.2, 0.25) is 6.19 Å². The quantitative estimate of drug-likeness (QED) is 0.593. The van der Waals surface area contributed by atoms with Crippen LogP contribution in [0.5, 0.6) is 5.75 Å². The maximum atomic E-state index is 13.6. The average molecular weight is 276 g/mol. The predicted octanol–water partition coefficient (Wildman–Crippen LogP) is 2.41. The van der Waals surface area contributed by atoms with E-state index in [1.165, 1.54) is 12.1 Å². The summed E-state index contributed by atoms with van der Waals surface area (Å²) in [4.78, 5) is 3.84. The minimum absolute atomic E-state index is 0.0150. The molecule has 100 valence electrons. The Morgan fingerprint density at radius 1 is 1.29 bits per heavy atom. The van der Waals surface area contributed by atoms with E-state index in [1.807, 2.05) is 30.3 Å². The molecular weight excluding hydrogens is 266 g/mol. The summed E-state index contributed by atoms with van der Waals surface area (Å²) in [5.74, 6) is -0.186. The van der Waals surface area contributed by atoms with Crippen molar-refractivity contribution in [3.05, 3.63) is 59.4 Å². The van der Waals surface area contributed by atoms with Gasteiger partial charge in [-0.2, -0.15) is 10.3 Å². The smallest absolute Gasteiger partial charge is 0.205 e. The van der Waals surface area contributed by atoms with Crippen LogP contribution in [0, 0.1) is 17.3 Å². The Kier molecular flexibility index (Phi) is 3.45. The number of ether oxygens (including phenoxy) is 1. The summed E-state index contributed by atoms with van der Waals surface area (Å²) in [5.41, 5.74) is 2.09. The number of fused-ring (bicyclic) bond motifs is 1. The molecule has 21 heavy (non-hydrogen) atoms. The molecule has 0 saturated heterocycles. The lowest BCUT2D eigenvalue weighted by Crippen LogP contribution is -2.24. The zero-order valence-corrected chi connectivity index (χ0v) is 11.1. The fraction of sp³-hybridized carbons (Fsp3) is 0.125. The summed E-state index contributed by atoms with van der Waals surface area (Å²) < 4.78 is 19.5. The molecule has 0 saturated carbocycles. The van der Waals surface area contributed by atoms with E-state index < -0.39 is 5.82 Å². The van der Waals surface area contributed by atoms with Crippen LogP contribution in [0.15, 0.2) is 47.5 Å². The Morgan fingerprint density at radius 2 is 2.05 bits per heavy atom. The lowest BCUT2D eigenvalue weighted by molar-refractivity contribution is 0.205. The van der Waals surface area contributed by atoms with Gasteiger partial charge in [-0.25, -0.2) is 4.39 Å². The van der Waals surface area contributed by atoms with Crippen LogP contribution in [0.1, 0.15) is 23.7 Å². The highest BCUT2D eigenvalue weighted by Gasteiger charge is 2.27. The molecule has 3 rings (SSSR count). The van der Waals surface area contributed by atoms with Gasteiger partial charge in [0.1, 0.15) is 25.5 Å². The third-order valence-electron chi connectivity index (χ3n) is 3.41. The third-order valence-corrected chi connectivity index (χ3v) is 3.41. The number of rotatable bonds is 1. The Morgan fingerprint density at radius 3 is 2.76 bits per heavy atom. The summed E-state index contributed by atoms with van der Waals surface area (Å²) in [7, 11) is 5.58. The van der Waals surface area contributed by atoms with Gasteiger partial charge in [-0.3, -0.25) is 0 Å². The van der Waals surface area contributed by atoms with Gasteiger partial charge < -0.3 is 4.74 Å². The van der Waals surface area contributed by atoms with Gasteiger partial charge >= 0.3 is 0 Å². The molecule has 0 aliphatic carbocycles. The molecule has 0 bridgehead atoms. The van der Waals surface area contributed by atoms with Crippen LogP contribution in [0.2, 0.25) is 0 Å². The van der Waals surface area contributed by atoms with Gasteiger partial charge in [0.05, 0.1) is 5.71 Å². The highest BCUT2D eigenvalue weighted by Crippen LogP contribution is 2.35. The second-order valence-electron chi connectivity index (χ2n) is 4.75. The van der Waals surface area contributed by atoms with Crippen molar-refractivity contribution in [1.29, 1.82) is 5.26 Å². The first-order chi connectivity index (χ1) is 10.2. The molecule has 1 heterocycles. The summed E-state index contributed by atoms with van der Waals surface area (Å²) in [6.45, 7) is 0. The first kappa shape index (κ1) is 13.4. The largest absolute Gasteiger partial charge is 0.485 e. The van der Waals surface area contributed by atoms with Crippen LogP contribution < -0.4 is 10.2 Å². The van der Waals surface area contributed by atoms with E-state index in [1.54, 1.807) is 6.19 Å². The standard InChI is InChI=1S/C16H10BFN2O/c17-12-6-11-14(20-9-19)8-15(10-4-2-1-3-5-10)21-16(11)7-13(12)18/h1-7,15H,8H2. The molecule has 0 amide bonds. The monoisotopic (exact) mass is 276 g/mol. The van der Waals surface area contributed by atoms with Crippen LogP contribution in [-0.2, 0) is 0 Å². The zero-order chi connectivity index (χ0) is 14.8. The molecule has 1 unspecified atom stereocenters. The molecule has 0 N–H and O–H groups in total. The number of hydrogen-bond donors (Lipinski definition) is 0. The zero-order valence-electron chi connectivity index (χ0n) is 11.1. The SMILES string of the molecule is [B]c1cc2c(cc1F)OC(c1ccccc1)CC2=NC#N. The molecule has 2 aromatic rings. The van der Waals surface area contributed by atoms with E-state index >= 15 is 0 Å². The van der Waals surface area contributed by atoms with Gasteiger partial charge in [0, 0.05) is 18.1 Å². The topological polar surface area (TPSA) is 45.4 Å². The van der Waals surface area contributed by atoms with Crippen LogP contribution in [0.3, 0.4) is 0 Å². The third kappa shape index (κ3) is 2.53. The maximum Gasteiger partial charge on any atom is 0.205 e. The lowest BCUT2D eigenvalue weighted by atomic mass is 9.88. The number of halogens is 1. The van der Waals surface area contributed by atoms with E-state index in [4.69, 9.17) is 17.8 Å². The number of nitrogens with zero attached hydrogens (tertiary/aromatic N) is 2. The minimum atomic E-state index is -0.543. The molecular formula is C16H10BFN2O. The van der Waals surface area contributed by atoms with Crippen LogP contribution in [0.25, 0.3) is 0 Å². The molecule has 2 radical (unpaired) electrons. The van der Waals surface area contributed by atoms with Gasteiger partial charge in [0.25, 0.3) is 0 Å². The van der Waals surface area contributed by atoms with Crippen molar-refractivity contribution >= 4 is 19.0 Å². The van der Waals surface area contributed by atoms with Gasteiger partial charge in [0.15, 0.2) is 0 Å². The number of aliphatic imine (C=N–C) groups is 1. The Labute approximate surface area is 123 Å². The lowest BCUT2D eigenvalue weighted by Gasteiger charge is -2.27. The van der Waals surface area contributed by atoms with Crippen molar-refractivity contribution in [3.63, 3.8) is 0 Å². The number of hydrogen-bond acceptors (Lipinski definition) is 3. The molecule has 2 aromatic carbocycles.